The summed E-state index contributed by atoms with van der Waals surface area (Å²) in [5.41, 5.74) is 24.4. The minimum absolute atomic E-state index is 0.275. The molecule has 540 valence electrons. The van der Waals surface area contributed by atoms with Gasteiger partial charge in [-0.25, -0.2) is 0 Å². The van der Waals surface area contributed by atoms with Gasteiger partial charge in [-0.1, -0.05) is 363 Å². The summed E-state index contributed by atoms with van der Waals surface area (Å²) in [4.78, 5) is 0. The summed E-state index contributed by atoms with van der Waals surface area (Å²) >= 11 is 0. The normalized spacial score (nSPS) is 18.3. The van der Waals surface area contributed by atoms with Crippen molar-refractivity contribution < 1.29 is 0 Å². The third kappa shape index (κ3) is 28.3. The predicted molar refractivity (Wildman–Crippen MR) is 441 cm³/mol. The zero-order valence-electron chi connectivity index (χ0n) is 68.7. The Kier molecular flexibility index (Phi) is 30.7. The minimum atomic E-state index is 0.275. The van der Waals surface area contributed by atoms with Crippen LogP contribution in [-0.2, 0) is 65.6 Å². The second-order valence-corrected chi connectivity index (χ2v) is 39.5. The summed E-state index contributed by atoms with van der Waals surface area (Å²) in [5.74, 6) is 2.67. The Hall–Kier alpha value is -5.20. The quantitative estimate of drug-likeness (QED) is 0.136. The van der Waals surface area contributed by atoms with Gasteiger partial charge in [0.15, 0.2) is 0 Å². The number of hydrogen-bond acceptors (Lipinski definition) is 0. The first-order valence-corrected chi connectivity index (χ1v) is 39.2. The molecule has 98 heavy (non-hydrogen) atoms. The van der Waals surface area contributed by atoms with E-state index in [1.54, 1.807) is 27.8 Å². The molecule has 5 aromatic carbocycles. The molecule has 0 nitrogen and oxygen atoms in total. The van der Waals surface area contributed by atoms with Crippen molar-refractivity contribution >= 4 is 12.2 Å². The van der Waals surface area contributed by atoms with Crippen LogP contribution in [0.15, 0.2) is 151 Å². The van der Waals surface area contributed by atoms with Gasteiger partial charge in [-0.15, -0.1) is 0 Å². The van der Waals surface area contributed by atoms with E-state index < -0.39 is 0 Å². The Morgan fingerprint density at radius 2 is 0.633 bits per heavy atom. The van der Waals surface area contributed by atoms with Gasteiger partial charge in [0.1, 0.15) is 0 Å². The van der Waals surface area contributed by atoms with Gasteiger partial charge >= 0.3 is 0 Å². The Bertz CT molecular complexity index is 3140. The first-order valence-electron chi connectivity index (χ1n) is 39.2. The molecular formula is C98H148. The number of fused-ring (bicyclic) bond motifs is 4. The lowest BCUT2D eigenvalue weighted by molar-refractivity contribution is 0.246. The maximum atomic E-state index is 2.41. The second kappa shape index (κ2) is 36.1. The molecule has 0 heterocycles. The van der Waals surface area contributed by atoms with Crippen LogP contribution in [0.4, 0.5) is 0 Å². The van der Waals surface area contributed by atoms with E-state index in [2.05, 4.69) is 345 Å². The van der Waals surface area contributed by atoms with E-state index in [0.29, 0.717) is 37.9 Å². The maximum Gasteiger partial charge on any atom is -0.00881 e. The molecule has 2 atom stereocenters. The summed E-state index contributed by atoms with van der Waals surface area (Å²) < 4.78 is 0. The van der Waals surface area contributed by atoms with Crippen molar-refractivity contribution in [2.75, 3.05) is 0 Å². The highest BCUT2D eigenvalue weighted by Gasteiger charge is 2.28. The molecule has 0 aliphatic heterocycles. The Morgan fingerprint density at radius 1 is 0.276 bits per heavy atom. The predicted octanol–water partition coefficient (Wildman–Crippen LogP) is 29.4. The van der Waals surface area contributed by atoms with Crippen molar-refractivity contribution in [1.29, 1.82) is 0 Å². The highest BCUT2D eigenvalue weighted by Crippen LogP contribution is 2.40. The molecule has 8 aliphatic carbocycles. The highest BCUT2D eigenvalue weighted by molar-refractivity contribution is 5.61. The average molecular weight is 1330 g/mol. The fourth-order valence-corrected chi connectivity index (χ4v) is 14.3. The van der Waals surface area contributed by atoms with Crippen LogP contribution < -0.4 is 0 Å². The molecule has 13 rings (SSSR count). The molecule has 0 amide bonds. The topological polar surface area (TPSA) is 0 Å². The van der Waals surface area contributed by atoms with Crippen LogP contribution in [0.3, 0.4) is 0 Å². The summed E-state index contributed by atoms with van der Waals surface area (Å²) in [6.45, 7) is 61.8. The van der Waals surface area contributed by atoms with E-state index in [4.69, 9.17) is 0 Å². The van der Waals surface area contributed by atoms with Crippen LogP contribution in [0, 0.1) is 39.4 Å². The molecule has 8 aliphatic rings. The van der Waals surface area contributed by atoms with Crippen LogP contribution in [0.1, 0.15) is 343 Å². The first kappa shape index (κ1) is 83.5. The molecule has 2 unspecified atom stereocenters. The van der Waals surface area contributed by atoms with Crippen LogP contribution in [0.5, 0.6) is 0 Å². The molecule has 1 saturated carbocycles. The third-order valence-corrected chi connectivity index (χ3v) is 21.7. The summed E-state index contributed by atoms with van der Waals surface area (Å²) in [5, 5.41) is 0. The van der Waals surface area contributed by atoms with Crippen molar-refractivity contribution in [3.8, 4) is 0 Å². The van der Waals surface area contributed by atoms with Gasteiger partial charge in [0.25, 0.3) is 0 Å². The van der Waals surface area contributed by atoms with Gasteiger partial charge in [-0.2, -0.15) is 0 Å². The van der Waals surface area contributed by atoms with Crippen molar-refractivity contribution in [1.82, 2.24) is 0 Å². The monoisotopic (exact) mass is 1330 g/mol. The van der Waals surface area contributed by atoms with Gasteiger partial charge in [0.05, 0.1) is 0 Å². The largest absolute Gasteiger partial charge is 0.0882 e. The number of rotatable bonds is 0. The van der Waals surface area contributed by atoms with Gasteiger partial charge in [-0.05, 0) is 248 Å². The zero-order valence-corrected chi connectivity index (χ0v) is 68.7. The van der Waals surface area contributed by atoms with Gasteiger partial charge in [0.2, 0.25) is 0 Å². The molecule has 0 radical (unpaired) electrons. The Morgan fingerprint density at radius 3 is 0.898 bits per heavy atom. The van der Waals surface area contributed by atoms with Crippen molar-refractivity contribution in [3.63, 3.8) is 0 Å². The smallest absolute Gasteiger partial charge is 0.00881 e. The van der Waals surface area contributed by atoms with E-state index in [-0.39, 0.29) is 10.8 Å². The molecule has 0 saturated heterocycles. The van der Waals surface area contributed by atoms with E-state index >= 15 is 0 Å². The fourth-order valence-electron chi connectivity index (χ4n) is 14.3. The van der Waals surface area contributed by atoms with Crippen LogP contribution in [0.25, 0.3) is 12.2 Å². The van der Waals surface area contributed by atoms with Gasteiger partial charge in [-0.3, -0.25) is 0 Å². The third-order valence-electron chi connectivity index (χ3n) is 21.7. The van der Waals surface area contributed by atoms with E-state index in [0.717, 1.165) is 30.6 Å². The first-order chi connectivity index (χ1) is 45.3. The van der Waals surface area contributed by atoms with E-state index in [1.807, 2.05) is 0 Å². The number of aryl methyl sites for hydroxylation is 4. The van der Waals surface area contributed by atoms with Gasteiger partial charge in [0, 0.05) is 0 Å². The van der Waals surface area contributed by atoms with Crippen molar-refractivity contribution in [2.24, 2.45) is 39.4 Å². The van der Waals surface area contributed by atoms with E-state index in [1.165, 1.54) is 159 Å². The summed E-state index contributed by atoms with van der Waals surface area (Å²) in [6.07, 6.45) is 45.9. The lowest BCUT2D eigenvalue weighted by atomic mass is 9.80. The summed E-state index contributed by atoms with van der Waals surface area (Å²) in [6, 6.07) is 38.2. The number of benzene rings is 5. The lowest BCUT2D eigenvalue weighted by Gasteiger charge is -2.26. The fraction of sp³-hybridized carbons (Fsp3) is 0.592. The highest BCUT2D eigenvalue weighted by atomic mass is 14.3. The molecule has 0 bridgehead atoms. The maximum absolute atomic E-state index is 2.41. The number of hydrogen-bond donors (Lipinski definition) is 0. The van der Waals surface area contributed by atoms with Crippen molar-refractivity contribution in [3.05, 3.63) is 224 Å². The minimum Gasteiger partial charge on any atom is -0.0882 e. The van der Waals surface area contributed by atoms with Gasteiger partial charge < -0.3 is 0 Å². The Labute approximate surface area is 607 Å². The second-order valence-electron chi connectivity index (χ2n) is 39.5. The number of allylic oxidation sites excluding steroid dienone is 8. The molecule has 1 fully saturated rings. The average Bonchev–Trinajstić information content (AvgIpc) is 1.55. The van der Waals surface area contributed by atoms with Crippen molar-refractivity contribution in [2.45, 2.75) is 336 Å². The lowest BCUT2D eigenvalue weighted by Crippen LogP contribution is -2.16. The molecular weight excluding hydrogens is 1180 g/mol. The molecule has 0 spiro atoms. The molecule has 0 aromatic heterocycles. The molecule has 0 heteroatoms. The zero-order chi connectivity index (χ0) is 73.1. The summed E-state index contributed by atoms with van der Waals surface area (Å²) in [7, 11) is 0. The van der Waals surface area contributed by atoms with Crippen LogP contribution >= 0.6 is 0 Å². The van der Waals surface area contributed by atoms with E-state index in [9.17, 15) is 0 Å². The molecule has 5 aromatic rings. The SMILES string of the molecule is CC(C)(C)C1=CCCC1.CC(C)(C)C1C=CCC1.CC(C)(C)C1C=CCC1.CC(C)(C)C1CCCC1.CC(C)(C)c1ccc2c(c1)CC=C2.CC(C)(C)c1ccc2c(c1)CC=C2.CC(C)(C)c1ccc2c(c1)CCC2.CC(C)(C)c1ccc2c(c1)CCC2.CC(C)(C)c1ccccc1. The van der Waals surface area contributed by atoms with Crippen LogP contribution in [-0.4, -0.2) is 0 Å². The Balaban J connectivity index is 0.000000200. The molecule has 0 N–H and O–H groups in total. The standard InChI is InChI=1S/2C13H18.2C13H16.C10H14.C9H18.3C9H16/c4*1-13(2,3)12-8-7-10-5-4-6-11(10)9-12;1-10(2,3)9-7-5-4-6-8-9;4*1-9(2,3)8-6-4-5-7-8/h2*7-9H,4-6H2,1-3H3;2*4-5,7-9H,6H2,1-3H3;4-8H,1-3H3;8H,4-7H2,1-3H3;6H,4-5,7H2,1-3H3;2*4,6,8H,5,7H2,1-3H3. The van der Waals surface area contributed by atoms with Crippen LogP contribution in [0.2, 0.25) is 0 Å².